The SMILES string of the molecule is CC(=O)O[C@H]1C(=O)[C@@]2(C)[C@H](C(OC(=O)c3ccccc3)[C@]3(O)CC(OC(=O)[C@H](OC(=O)CCC(=O)ON4C(=O)CCC4=O)[C@@H](NC(=O)c4ccccc4)c4ccccc4)C(C)=C1C3(C)C)[C@]1(OC(C)=O)CO[C@@H]1C[C@@H]2O. The number of carbonyl (C=O) groups excluding carboxylic acids is 10. The highest BCUT2D eigenvalue weighted by atomic mass is 16.7. The number of nitrogens with zero attached hydrogens (tertiary/aromatic N) is 1. The van der Waals surface area contributed by atoms with Gasteiger partial charge >= 0.3 is 35.8 Å². The number of Topliss-reactive ketones (excluding diaryl/α,β-unsaturated/α-hetero) is 1. The fourth-order valence-electron chi connectivity index (χ4n) is 11.5. The number of carbonyl (C=O) groups is 10. The van der Waals surface area contributed by atoms with Gasteiger partial charge in [0, 0.05) is 50.5 Å². The van der Waals surface area contributed by atoms with Gasteiger partial charge in [-0.15, -0.1) is 5.06 Å². The number of ether oxygens (including phenoxy) is 6. The Bertz CT molecular complexity index is 2860. The molecular weight excluding hydrogens is 993 g/mol. The number of imide groups is 1. The molecule has 2 unspecified atom stereocenters. The Morgan fingerprint density at radius 1 is 0.776 bits per heavy atom. The number of fused-ring (bicyclic) bond motifs is 5. The van der Waals surface area contributed by atoms with Crippen molar-refractivity contribution in [1.82, 2.24) is 10.4 Å². The van der Waals surface area contributed by atoms with E-state index in [0.29, 0.717) is 5.06 Å². The van der Waals surface area contributed by atoms with E-state index >= 15 is 9.59 Å². The fraction of sp³-hybridized carbons (Fsp3) is 0.455. The first-order valence-corrected chi connectivity index (χ1v) is 24.7. The van der Waals surface area contributed by atoms with E-state index in [-0.39, 0.29) is 53.7 Å². The number of aliphatic hydroxyl groups is 2. The molecule has 3 aliphatic carbocycles. The lowest BCUT2D eigenvalue weighted by Crippen LogP contribution is -2.82. The van der Waals surface area contributed by atoms with Crippen LogP contribution in [0.1, 0.15) is 112 Å². The summed E-state index contributed by atoms with van der Waals surface area (Å²) in [5.41, 5.74) is -8.08. The summed E-state index contributed by atoms with van der Waals surface area (Å²) >= 11 is 0. The van der Waals surface area contributed by atoms with E-state index in [1.54, 1.807) is 54.6 Å². The van der Waals surface area contributed by atoms with Crippen molar-refractivity contribution in [2.45, 2.75) is 134 Å². The lowest BCUT2D eigenvalue weighted by Gasteiger charge is -2.67. The van der Waals surface area contributed by atoms with Gasteiger partial charge in [0.1, 0.15) is 30.0 Å². The van der Waals surface area contributed by atoms with E-state index in [0.717, 1.165) is 13.8 Å². The maximum atomic E-state index is 15.8. The summed E-state index contributed by atoms with van der Waals surface area (Å²) in [6.07, 6.45) is -13.3. The molecule has 3 aromatic carbocycles. The van der Waals surface area contributed by atoms with Gasteiger partial charge in [0.05, 0.1) is 42.4 Å². The van der Waals surface area contributed by atoms with Crippen LogP contribution in [0.2, 0.25) is 0 Å². The minimum atomic E-state index is -2.54. The molecule has 2 saturated carbocycles. The number of nitrogens with one attached hydrogen (secondary N) is 1. The van der Waals surface area contributed by atoms with Crippen LogP contribution >= 0.6 is 0 Å². The van der Waals surface area contributed by atoms with Crippen molar-refractivity contribution in [3.05, 3.63) is 119 Å². The van der Waals surface area contributed by atoms with Gasteiger partial charge in [-0.25, -0.2) is 14.4 Å². The Morgan fingerprint density at radius 3 is 1.92 bits per heavy atom. The quantitative estimate of drug-likeness (QED) is 0.0847. The summed E-state index contributed by atoms with van der Waals surface area (Å²) < 4.78 is 36.5. The van der Waals surface area contributed by atoms with Gasteiger partial charge in [-0.05, 0) is 54.8 Å². The van der Waals surface area contributed by atoms with Gasteiger partial charge in [0.2, 0.25) is 6.10 Å². The van der Waals surface area contributed by atoms with Gasteiger partial charge in [0.25, 0.3) is 17.7 Å². The number of hydrogen-bond donors (Lipinski definition) is 3. The largest absolute Gasteiger partial charge is 0.455 e. The molecule has 0 aromatic heterocycles. The van der Waals surface area contributed by atoms with Crippen LogP contribution in [0.3, 0.4) is 0 Å². The van der Waals surface area contributed by atoms with Crippen LogP contribution in [0.15, 0.2) is 102 Å². The molecule has 3 aromatic rings. The summed E-state index contributed by atoms with van der Waals surface area (Å²) in [7, 11) is 0. The van der Waals surface area contributed by atoms with Gasteiger partial charge in [-0.2, -0.15) is 0 Å². The number of hydrogen-bond acceptors (Lipinski definition) is 19. The van der Waals surface area contributed by atoms with Crippen LogP contribution in [-0.4, -0.2) is 129 Å². The molecule has 3 amide bonds. The molecule has 21 heteroatoms. The van der Waals surface area contributed by atoms with E-state index in [2.05, 4.69) is 5.32 Å². The highest BCUT2D eigenvalue weighted by Crippen LogP contribution is 2.64. The molecule has 2 aliphatic heterocycles. The minimum absolute atomic E-state index is 0.00210. The molecule has 0 spiro atoms. The van der Waals surface area contributed by atoms with Crippen LogP contribution in [0.4, 0.5) is 0 Å². The number of amides is 3. The van der Waals surface area contributed by atoms with Crippen molar-refractivity contribution in [3.63, 3.8) is 0 Å². The maximum Gasteiger partial charge on any atom is 0.350 e. The number of hydroxylamine groups is 2. The number of aliphatic hydroxyl groups excluding tert-OH is 1. The molecule has 11 atom stereocenters. The van der Waals surface area contributed by atoms with E-state index in [1.165, 1.54) is 64.1 Å². The predicted molar refractivity (Wildman–Crippen MR) is 258 cm³/mol. The first-order chi connectivity index (χ1) is 35.9. The molecule has 2 heterocycles. The zero-order valence-corrected chi connectivity index (χ0v) is 42.5. The smallest absolute Gasteiger partial charge is 0.350 e. The Labute approximate surface area is 436 Å². The molecule has 76 heavy (non-hydrogen) atoms. The number of benzene rings is 3. The molecule has 8 rings (SSSR count). The highest BCUT2D eigenvalue weighted by molar-refractivity contribution is 6.02. The minimum Gasteiger partial charge on any atom is -0.455 e. The molecular formula is C55H58N2O19. The standard InChI is InChI=1S/C55H58N2O19/c1-29-35(72-51(68)45(73-40(63)24-25-41(64)76-57-38(61)22-23-39(57)62)43(32-16-10-7-11-17-32)56-49(66)33-18-12-8-13-19-33)27-55(69)48(74-50(67)34-20-14-9-15-21-34)46-53(6,36(60)26-37-54(46,28-70-37)75-31(3)59)47(65)44(71-30(2)58)42(29)52(55,4)5/h7-21,35-37,43-46,48,60,69H,22-28H2,1-6H3,(H,56,66)/t35?,36-,37+,43-,44+,45+,46-,48?,53+,54-,55+/m0/s1. The maximum absolute atomic E-state index is 15.8. The lowest BCUT2D eigenvalue weighted by atomic mass is 9.44. The molecule has 2 bridgehead atoms. The number of esters is 5. The Balaban J connectivity index is 1.25. The van der Waals surface area contributed by atoms with Gasteiger partial charge in [-0.3, -0.25) is 33.6 Å². The van der Waals surface area contributed by atoms with Gasteiger partial charge in [-0.1, -0.05) is 80.6 Å². The van der Waals surface area contributed by atoms with Gasteiger partial charge < -0.3 is 48.8 Å². The molecule has 5 aliphatic rings. The van der Waals surface area contributed by atoms with Crippen molar-refractivity contribution in [1.29, 1.82) is 0 Å². The highest BCUT2D eigenvalue weighted by Gasteiger charge is 2.78. The van der Waals surface area contributed by atoms with Crippen molar-refractivity contribution in [3.8, 4) is 0 Å². The first-order valence-electron chi connectivity index (χ1n) is 24.7. The van der Waals surface area contributed by atoms with Crippen LogP contribution in [0, 0.1) is 16.7 Å². The summed E-state index contributed by atoms with van der Waals surface area (Å²) in [4.78, 5) is 142. The van der Waals surface area contributed by atoms with Crippen LogP contribution < -0.4 is 5.32 Å². The van der Waals surface area contributed by atoms with Crippen LogP contribution in [0.25, 0.3) is 0 Å². The van der Waals surface area contributed by atoms with Crippen molar-refractivity contribution >= 4 is 59.3 Å². The Kier molecular flexibility index (Phi) is 15.2. The second-order valence-electron chi connectivity index (χ2n) is 20.4. The number of rotatable bonds is 15. The monoisotopic (exact) mass is 1050 g/mol. The van der Waals surface area contributed by atoms with Crippen LogP contribution in [-0.2, 0) is 71.6 Å². The average Bonchev–Trinajstić information content (AvgIpc) is 3.87. The normalized spacial score (nSPS) is 29.1. The summed E-state index contributed by atoms with van der Waals surface area (Å²) in [5.74, 6) is -11.4. The zero-order valence-electron chi connectivity index (χ0n) is 42.5. The Hall–Kier alpha value is -7.62. The van der Waals surface area contributed by atoms with E-state index in [4.69, 9.17) is 33.3 Å². The van der Waals surface area contributed by atoms with E-state index in [9.17, 15) is 48.6 Å². The van der Waals surface area contributed by atoms with Crippen molar-refractivity contribution in [2.24, 2.45) is 16.7 Å². The number of ketones is 1. The lowest BCUT2D eigenvalue weighted by molar-refractivity contribution is -0.346. The molecule has 4 fully saturated rings. The molecule has 21 nitrogen and oxygen atoms in total. The second kappa shape index (κ2) is 21.2. The molecule has 2 saturated heterocycles. The predicted octanol–water partition coefficient (Wildman–Crippen LogP) is 3.67. The fourth-order valence-corrected chi connectivity index (χ4v) is 11.5. The molecule has 0 radical (unpaired) electrons. The summed E-state index contributed by atoms with van der Waals surface area (Å²) in [6.45, 7) is 7.57. The third-order valence-electron chi connectivity index (χ3n) is 15.4. The summed E-state index contributed by atoms with van der Waals surface area (Å²) in [6, 6.07) is 21.8. The van der Waals surface area contributed by atoms with Crippen molar-refractivity contribution in [2.75, 3.05) is 6.61 Å². The van der Waals surface area contributed by atoms with Crippen LogP contribution in [0.5, 0.6) is 0 Å². The van der Waals surface area contributed by atoms with E-state index in [1.807, 2.05) is 0 Å². The molecule has 402 valence electrons. The molecule has 3 N–H and O–H groups in total. The Morgan fingerprint density at radius 2 is 1.36 bits per heavy atom. The third-order valence-corrected chi connectivity index (χ3v) is 15.4. The topological polar surface area (TPSA) is 291 Å². The first kappa shape index (κ1) is 54.6. The summed E-state index contributed by atoms with van der Waals surface area (Å²) in [5, 5.41) is 29.2. The van der Waals surface area contributed by atoms with E-state index < -0.39 is 149 Å². The second-order valence-corrected chi connectivity index (χ2v) is 20.4. The van der Waals surface area contributed by atoms with Crippen molar-refractivity contribution < 1.29 is 91.4 Å². The third kappa shape index (κ3) is 9.89. The zero-order chi connectivity index (χ0) is 55.1. The average molecular weight is 1050 g/mol. The van der Waals surface area contributed by atoms with Gasteiger partial charge in [0.15, 0.2) is 17.5 Å².